The second-order valence-electron chi connectivity index (χ2n) is 4.05. The van der Waals surface area contributed by atoms with Gasteiger partial charge in [0.05, 0.1) is 7.11 Å². The van der Waals surface area contributed by atoms with E-state index in [9.17, 15) is 0 Å². The highest BCUT2D eigenvalue weighted by atomic mass is 35.5. The van der Waals surface area contributed by atoms with Gasteiger partial charge in [-0.2, -0.15) is 0 Å². The first-order valence-corrected chi connectivity index (χ1v) is 6.11. The Bertz CT molecular complexity index is 328. The van der Waals surface area contributed by atoms with Crippen LogP contribution in [0.3, 0.4) is 0 Å². The predicted octanol–water partition coefficient (Wildman–Crippen LogP) is 3.27. The summed E-state index contributed by atoms with van der Waals surface area (Å²) in [6.45, 7) is 2.89. The van der Waals surface area contributed by atoms with Gasteiger partial charge >= 0.3 is 0 Å². The maximum Gasteiger partial charge on any atom is 0.122 e. The zero-order valence-electron chi connectivity index (χ0n) is 10.0. The summed E-state index contributed by atoms with van der Waals surface area (Å²) < 4.78 is 5.32. The lowest BCUT2D eigenvalue weighted by atomic mass is 9.95. The molecule has 3 heteroatoms. The van der Waals surface area contributed by atoms with Gasteiger partial charge < -0.3 is 10.5 Å². The minimum Gasteiger partial charge on any atom is -0.496 e. The van der Waals surface area contributed by atoms with E-state index in [1.807, 2.05) is 18.2 Å². The molecule has 1 atom stereocenters. The summed E-state index contributed by atoms with van der Waals surface area (Å²) in [7, 11) is 1.68. The standard InChI is InChI=1S/C13H20ClNO/c1-3-4-10(9-15)7-11-8-12(14)5-6-13(11)16-2/h5-6,8,10H,3-4,7,9,15H2,1-2H3. The van der Waals surface area contributed by atoms with Crippen LogP contribution in [0.25, 0.3) is 0 Å². The summed E-state index contributed by atoms with van der Waals surface area (Å²) >= 11 is 5.99. The Labute approximate surface area is 103 Å². The van der Waals surface area contributed by atoms with E-state index in [1.165, 1.54) is 0 Å². The Morgan fingerprint density at radius 3 is 2.75 bits per heavy atom. The lowest BCUT2D eigenvalue weighted by Crippen LogP contribution is -2.17. The third-order valence-electron chi connectivity index (χ3n) is 2.78. The number of hydrogen-bond donors (Lipinski definition) is 1. The quantitative estimate of drug-likeness (QED) is 0.830. The lowest BCUT2D eigenvalue weighted by Gasteiger charge is -2.16. The van der Waals surface area contributed by atoms with Crippen molar-refractivity contribution in [3.63, 3.8) is 0 Å². The van der Waals surface area contributed by atoms with E-state index in [1.54, 1.807) is 7.11 Å². The SMILES string of the molecule is CCCC(CN)Cc1cc(Cl)ccc1OC. The Hall–Kier alpha value is -0.730. The smallest absolute Gasteiger partial charge is 0.122 e. The molecule has 0 amide bonds. The number of rotatable bonds is 6. The van der Waals surface area contributed by atoms with E-state index < -0.39 is 0 Å². The topological polar surface area (TPSA) is 35.2 Å². The molecule has 1 unspecified atom stereocenters. The van der Waals surface area contributed by atoms with Gasteiger partial charge in [0.1, 0.15) is 5.75 Å². The summed E-state index contributed by atoms with van der Waals surface area (Å²) in [6.07, 6.45) is 3.24. The summed E-state index contributed by atoms with van der Waals surface area (Å²) in [6, 6.07) is 5.73. The molecule has 16 heavy (non-hydrogen) atoms. The maximum atomic E-state index is 5.99. The second kappa shape index (κ2) is 6.77. The van der Waals surface area contributed by atoms with Crippen molar-refractivity contribution in [3.05, 3.63) is 28.8 Å². The summed E-state index contributed by atoms with van der Waals surface area (Å²) in [5, 5.41) is 0.753. The fourth-order valence-corrected chi connectivity index (χ4v) is 2.12. The predicted molar refractivity (Wildman–Crippen MR) is 69.2 cm³/mol. The molecule has 0 aliphatic carbocycles. The van der Waals surface area contributed by atoms with Crippen molar-refractivity contribution in [2.45, 2.75) is 26.2 Å². The molecule has 1 aromatic carbocycles. The first-order valence-electron chi connectivity index (χ1n) is 5.73. The second-order valence-corrected chi connectivity index (χ2v) is 4.49. The molecule has 0 radical (unpaired) electrons. The number of hydrogen-bond acceptors (Lipinski definition) is 2. The third-order valence-corrected chi connectivity index (χ3v) is 3.02. The Morgan fingerprint density at radius 1 is 1.44 bits per heavy atom. The highest BCUT2D eigenvalue weighted by Crippen LogP contribution is 2.26. The minimum atomic E-state index is 0.511. The van der Waals surface area contributed by atoms with Gasteiger partial charge in [0, 0.05) is 5.02 Å². The van der Waals surface area contributed by atoms with E-state index in [4.69, 9.17) is 22.1 Å². The highest BCUT2D eigenvalue weighted by Gasteiger charge is 2.11. The molecule has 0 saturated carbocycles. The number of ether oxygens (including phenoxy) is 1. The molecule has 2 nitrogen and oxygen atoms in total. The van der Waals surface area contributed by atoms with Crippen LogP contribution >= 0.6 is 11.6 Å². The molecule has 0 aliphatic rings. The van der Waals surface area contributed by atoms with E-state index in [0.29, 0.717) is 12.5 Å². The van der Waals surface area contributed by atoms with Gasteiger partial charge in [-0.15, -0.1) is 0 Å². The number of methoxy groups -OCH3 is 1. The molecule has 90 valence electrons. The van der Waals surface area contributed by atoms with E-state index in [-0.39, 0.29) is 0 Å². The van der Waals surface area contributed by atoms with Crippen LogP contribution in [0.15, 0.2) is 18.2 Å². The number of nitrogens with two attached hydrogens (primary N) is 1. The molecule has 0 aliphatic heterocycles. The fourth-order valence-electron chi connectivity index (χ4n) is 1.93. The minimum absolute atomic E-state index is 0.511. The van der Waals surface area contributed by atoms with Gasteiger partial charge in [0.15, 0.2) is 0 Å². The zero-order valence-corrected chi connectivity index (χ0v) is 10.8. The Kier molecular flexibility index (Phi) is 5.64. The largest absolute Gasteiger partial charge is 0.496 e. The van der Waals surface area contributed by atoms with Crippen molar-refractivity contribution >= 4 is 11.6 Å². The fraction of sp³-hybridized carbons (Fsp3) is 0.538. The van der Waals surface area contributed by atoms with Crippen LogP contribution in [0.5, 0.6) is 5.75 Å². The van der Waals surface area contributed by atoms with Crippen molar-refractivity contribution < 1.29 is 4.74 Å². The van der Waals surface area contributed by atoms with Gasteiger partial charge in [-0.3, -0.25) is 0 Å². The summed E-state index contributed by atoms with van der Waals surface area (Å²) in [5.41, 5.74) is 6.91. The van der Waals surface area contributed by atoms with E-state index >= 15 is 0 Å². The molecule has 1 aromatic rings. The van der Waals surface area contributed by atoms with Crippen LogP contribution in [0.2, 0.25) is 5.02 Å². The van der Waals surface area contributed by atoms with Crippen LogP contribution < -0.4 is 10.5 Å². The molecular formula is C13H20ClNO. The van der Waals surface area contributed by atoms with Crippen LogP contribution in [0, 0.1) is 5.92 Å². The van der Waals surface area contributed by atoms with Crippen molar-refractivity contribution in [3.8, 4) is 5.75 Å². The van der Waals surface area contributed by atoms with Gasteiger partial charge in [-0.05, 0) is 49.1 Å². The maximum absolute atomic E-state index is 5.99. The molecule has 2 N–H and O–H groups in total. The molecule has 1 rings (SSSR count). The van der Waals surface area contributed by atoms with Gasteiger partial charge in [0.2, 0.25) is 0 Å². The van der Waals surface area contributed by atoms with Gasteiger partial charge in [-0.1, -0.05) is 24.9 Å². The molecular weight excluding hydrogens is 222 g/mol. The molecule has 0 spiro atoms. The number of benzene rings is 1. The van der Waals surface area contributed by atoms with Crippen molar-refractivity contribution in [1.82, 2.24) is 0 Å². The van der Waals surface area contributed by atoms with Crippen molar-refractivity contribution in [1.29, 1.82) is 0 Å². The highest BCUT2D eigenvalue weighted by molar-refractivity contribution is 6.30. The molecule has 0 fully saturated rings. The van der Waals surface area contributed by atoms with Crippen LogP contribution in [0.4, 0.5) is 0 Å². The molecule has 0 aromatic heterocycles. The van der Waals surface area contributed by atoms with Crippen LogP contribution in [-0.2, 0) is 6.42 Å². The van der Waals surface area contributed by atoms with Crippen LogP contribution in [-0.4, -0.2) is 13.7 Å². The summed E-state index contributed by atoms with van der Waals surface area (Å²) in [5.74, 6) is 1.41. The monoisotopic (exact) mass is 241 g/mol. The molecule has 0 heterocycles. The van der Waals surface area contributed by atoms with Crippen LogP contribution in [0.1, 0.15) is 25.3 Å². The van der Waals surface area contributed by atoms with Gasteiger partial charge in [0.25, 0.3) is 0 Å². The Morgan fingerprint density at radius 2 is 2.19 bits per heavy atom. The average Bonchev–Trinajstić information content (AvgIpc) is 2.29. The lowest BCUT2D eigenvalue weighted by molar-refractivity contribution is 0.401. The van der Waals surface area contributed by atoms with E-state index in [2.05, 4.69) is 6.92 Å². The molecule has 0 bridgehead atoms. The van der Waals surface area contributed by atoms with Crippen molar-refractivity contribution in [2.75, 3.05) is 13.7 Å². The normalized spacial score (nSPS) is 12.5. The first kappa shape index (κ1) is 13.3. The van der Waals surface area contributed by atoms with Gasteiger partial charge in [-0.25, -0.2) is 0 Å². The summed E-state index contributed by atoms with van der Waals surface area (Å²) in [4.78, 5) is 0. The number of halogens is 1. The molecule has 0 saturated heterocycles. The first-order chi connectivity index (χ1) is 7.71. The zero-order chi connectivity index (χ0) is 12.0. The van der Waals surface area contributed by atoms with Crippen molar-refractivity contribution in [2.24, 2.45) is 11.7 Å². The average molecular weight is 242 g/mol. The van der Waals surface area contributed by atoms with E-state index in [0.717, 1.165) is 35.6 Å². The third kappa shape index (κ3) is 3.69. The Balaban J connectivity index is 2.80.